The summed E-state index contributed by atoms with van der Waals surface area (Å²) in [5.41, 5.74) is -1.17. The minimum absolute atomic E-state index is 0. The molecule has 7 nitrogen and oxygen atoms in total. The number of rotatable bonds is 19. The van der Waals surface area contributed by atoms with Gasteiger partial charge in [0.15, 0.2) is 8.67 Å². The number of esters is 2. The first-order valence-electron chi connectivity index (χ1n) is 11.1. The second kappa shape index (κ2) is 20.9. The molecule has 0 aromatic heterocycles. The fourth-order valence-electron chi connectivity index (χ4n) is 2.96. The van der Waals surface area contributed by atoms with Crippen LogP contribution in [0.15, 0.2) is 0 Å². The van der Waals surface area contributed by atoms with Crippen molar-refractivity contribution in [3.05, 3.63) is 0 Å². The van der Waals surface area contributed by atoms with Crippen LogP contribution in [0.25, 0.3) is 0 Å². The van der Waals surface area contributed by atoms with Crippen molar-refractivity contribution in [3.8, 4) is 0 Å². The van der Waals surface area contributed by atoms with E-state index in [0.717, 1.165) is 57.8 Å². The van der Waals surface area contributed by atoms with E-state index in [0.29, 0.717) is 6.42 Å². The molecular weight excluding hydrogens is 435 g/mol. The predicted molar refractivity (Wildman–Crippen MR) is 115 cm³/mol. The second-order valence-electron chi connectivity index (χ2n) is 7.55. The minimum Gasteiger partial charge on any atom is -0.754 e. The monoisotopic (exact) mass is 474 g/mol. The van der Waals surface area contributed by atoms with Crippen molar-refractivity contribution in [1.29, 1.82) is 0 Å². The van der Waals surface area contributed by atoms with Crippen molar-refractivity contribution in [3.63, 3.8) is 0 Å². The first-order valence-corrected chi connectivity index (χ1v) is 15.2. The number of carbonyl (C=O) groups excluding carboxylic acids is 2. The van der Waals surface area contributed by atoms with Gasteiger partial charge in [0.2, 0.25) is 0 Å². The van der Waals surface area contributed by atoms with Gasteiger partial charge in [0, 0.05) is 0 Å². The van der Waals surface area contributed by atoms with E-state index in [9.17, 15) is 22.6 Å². The van der Waals surface area contributed by atoms with Crippen LogP contribution in [0.3, 0.4) is 0 Å². The maximum atomic E-state index is 12.2. The number of hydrogen-bond acceptors (Lipinski definition) is 7. The molecule has 0 aliphatic rings. The smallest absolute Gasteiger partial charge is 0.754 e. The molecule has 10 heteroatoms. The summed E-state index contributed by atoms with van der Waals surface area (Å²) in [6, 6.07) is 0. The van der Waals surface area contributed by atoms with Crippen LogP contribution in [0.5, 0.6) is 0 Å². The molecule has 1 atom stereocenters. The zero-order valence-electron chi connectivity index (χ0n) is 19.2. The molecule has 0 N–H and O–H groups in total. The third-order valence-corrected chi connectivity index (χ3v) is 8.52. The molecule has 0 saturated carbocycles. The second-order valence-corrected chi connectivity index (χ2v) is 13.1. The van der Waals surface area contributed by atoms with Gasteiger partial charge in [-0.25, -0.2) is 0 Å². The first kappa shape index (κ1) is 32.2. The molecule has 0 aliphatic carbocycles. The summed E-state index contributed by atoms with van der Waals surface area (Å²) in [4.78, 5) is 24.1. The Kier molecular flexibility index (Phi) is 22.5. The average molecular weight is 475 g/mol. The number of ether oxygens (including phenoxy) is 2. The Morgan fingerprint density at radius 2 is 1.23 bits per heavy atom. The quantitative estimate of drug-likeness (QED) is 0.117. The molecule has 30 heavy (non-hydrogen) atoms. The Morgan fingerprint density at radius 3 is 1.70 bits per heavy atom. The summed E-state index contributed by atoms with van der Waals surface area (Å²) in [5.74, 6) is -1.41. The molecule has 0 radical (unpaired) electrons. The van der Waals surface area contributed by atoms with Crippen LogP contribution in [0.2, 0.25) is 5.54 Å². The van der Waals surface area contributed by atoms with Gasteiger partial charge < -0.3 is 14.0 Å². The molecule has 0 amide bonds. The van der Waals surface area contributed by atoms with Crippen molar-refractivity contribution in [2.75, 3.05) is 13.2 Å². The molecule has 0 heterocycles. The van der Waals surface area contributed by atoms with E-state index in [4.69, 9.17) is 9.47 Å². The van der Waals surface area contributed by atoms with Gasteiger partial charge in [0.05, 0.1) is 34.7 Å². The molecule has 0 spiro atoms. The van der Waals surface area contributed by atoms with Gasteiger partial charge in [-0.15, -0.1) is 0 Å². The molecule has 172 valence electrons. The molecular formula is C20H39NaO7SSi. The molecule has 0 rings (SSSR count). The van der Waals surface area contributed by atoms with Crippen molar-refractivity contribution in [1.82, 2.24) is 0 Å². The normalized spacial score (nSPS) is 12.5. The summed E-state index contributed by atoms with van der Waals surface area (Å²) in [6.07, 6.45) is 12.0. The third-order valence-electron chi connectivity index (χ3n) is 4.65. The predicted octanol–water partition coefficient (Wildman–Crippen LogP) is 0.605. The van der Waals surface area contributed by atoms with Crippen molar-refractivity contribution in [2.24, 2.45) is 0 Å². The van der Waals surface area contributed by atoms with E-state index in [-0.39, 0.29) is 42.8 Å². The average Bonchev–Trinajstić information content (AvgIpc) is 2.64. The SMILES string of the molecule is CCCCCCCCOC(=O)CC([SiH2]S(=O)(=O)[O-])C(=O)OCCCCCCCC.[Na+]. The van der Waals surface area contributed by atoms with Crippen LogP contribution in [0.4, 0.5) is 0 Å². The summed E-state index contributed by atoms with van der Waals surface area (Å²) in [7, 11) is -6.90. The molecule has 0 saturated heterocycles. The Morgan fingerprint density at radius 1 is 0.800 bits per heavy atom. The molecule has 1 unspecified atom stereocenters. The molecule has 0 aromatic rings. The summed E-state index contributed by atoms with van der Waals surface area (Å²) in [6.45, 7) is 4.70. The van der Waals surface area contributed by atoms with E-state index >= 15 is 0 Å². The first-order chi connectivity index (χ1) is 13.8. The largest absolute Gasteiger partial charge is 1.00 e. The zero-order chi connectivity index (χ0) is 22.0. The van der Waals surface area contributed by atoms with E-state index in [1.807, 2.05) is 0 Å². The maximum Gasteiger partial charge on any atom is 1.00 e. The van der Waals surface area contributed by atoms with Crippen molar-refractivity contribution >= 4 is 30.2 Å². The van der Waals surface area contributed by atoms with Crippen LogP contribution >= 0.6 is 0 Å². The van der Waals surface area contributed by atoms with Gasteiger partial charge in [-0.1, -0.05) is 78.1 Å². The molecule has 0 aromatic carbocycles. The van der Waals surface area contributed by atoms with Crippen LogP contribution in [-0.2, 0) is 28.6 Å². The molecule has 0 aliphatic heterocycles. The summed E-state index contributed by atoms with van der Waals surface area (Å²) in [5, 5.41) is 0. The van der Waals surface area contributed by atoms with E-state index < -0.39 is 42.1 Å². The Balaban J connectivity index is 0. The van der Waals surface area contributed by atoms with Crippen LogP contribution in [-0.4, -0.2) is 46.8 Å². The Bertz CT molecular complexity index is 543. The molecule has 0 bridgehead atoms. The fraction of sp³-hybridized carbons (Fsp3) is 0.900. The van der Waals surface area contributed by atoms with Crippen LogP contribution in [0.1, 0.15) is 97.3 Å². The Labute approximate surface area is 206 Å². The van der Waals surface area contributed by atoms with Crippen LogP contribution < -0.4 is 29.6 Å². The standard InChI is InChI=1S/C20H40O7SSi.Na/c1-3-5-7-9-11-13-15-26-19(21)17-18(29-28(23,24)25)20(22)27-16-14-12-10-8-6-4-2;/h18H,3-17,29H2,1-2H3,(H,23,24,25);/q;+1/p-1. The maximum absolute atomic E-state index is 12.2. The number of hydrogen-bond donors (Lipinski definition) is 0. The van der Waals surface area contributed by atoms with Crippen molar-refractivity contribution < 1.29 is 61.6 Å². The van der Waals surface area contributed by atoms with Crippen molar-refractivity contribution in [2.45, 2.75) is 103 Å². The van der Waals surface area contributed by atoms with Gasteiger partial charge in [-0.05, 0) is 12.8 Å². The van der Waals surface area contributed by atoms with Gasteiger partial charge in [-0.2, -0.15) is 0 Å². The van der Waals surface area contributed by atoms with E-state index in [1.54, 1.807) is 0 Å². The third kappa shape index (κ3) is 21.3. The Hall–Kier alpha value is 0.0669. The topological polar surface area (TPSA) is 110 Å². The summed E-state index contributed by atoms with van der Waals surface area (Å²) < 4.78 is 43.6. The fourth-order valence-corrected chi connectivity index (χ4v) is 6.30. The van der Waals surface area contributed by atoms with Gasteiger partial charge in [0.25, 0.3) is 0 Å². The molecule has 0 fully saturated rings. The van der Waals surface area contributed by atoms with Gasteiger partial charge in [0.1, 0.15) is 0 Å². The minimum atomic E-state index is -4.52. The number of carbonyl (C=O) groups is 2. The zero-order valence-corrected chi connectivity index (χ0v) is 23.4. The van der Waals surface area contributed by atoms with Gasteiger partial charge in [-0.3, -0.25) is 18.0 Å². The number of unbranched alkanes of at least 4 members (excludes halogenated alkanes) is 10. The van der Waals surface area contributed by atoms with E-state index in [2.05, 4.69) is 13.8 Å². The summed E-state index contributed by atoms with van der Waals surface area (Å²) >= 11 is 0. The van der Waals surface area contributed by atoms with Gasteiger partial charge >= 0.3 is 41.5 Å². The van der Waals surface area contributed by atoms with Crippen LogP contribution in [0, 0.1) is 0 Å². The van der Waals surface area contributed by atoms with E-state index in [1.165, 1.54) is 12.8 Å².